The molecule has 1 amide bonds. The summed E-state index contributed by atoms with van der Waals surface area (Å²) >= 11 is -5.15. The molecule has 0 aliphatic carbocycles. The van der Waals surface area contributed by atoms with E-state index in [0.29, 0.717) is 0 Å². The van der Waals surface area contributed by atoms with E-state index in [1.54, 1.807) is 12.1 Å². The fourth-order valence-corrected chi connectivity index (χ4v) is 3.12. The van der Waals surface area contributed by atoms with E-state index in [4.69, 9.17) is 18.4 Å². The van der Waals surface area contributed by atoms with Gasteiger partial charge in [0.15, 0.2) is 0 Å². The quantitative estimate of drug-likeness (QED) is 0.302. The molecule has 6 N–H and O–H groups in total. The number of aromatic carboxylic acids is 1. The number of amides is 1. The second kappa shape index (κ2) is 8.38. The Kier molecular flexibility index (Phi) is 6.81. The summed E-state index contributed by atoms with van der Waals surface area (Å²) in [7, 11) is 0. The predicted molar refractivity (Wildman–Crippen MR) is 88.0 cm³/mol. The topological polar surface area (TPSA) is 164 Å². The molecule has 10 heteroatoms. The molecule has 0 unspecified atom stereocenters. The standard InChI is InChI=1S/C8H10AsNO5.C7H6O3/c1-5(11)10-6-2-3-8(12)7(4-6)9(13,14)15;8-6-4-2-1-3-5(6)7(9)10/h2-4,12H,1H3,(H,10,11)(H2,13,14,15);1-4,8H,(H,9,10). The van der Waals surface area contributed by atoms with Crippen LogP contribution in [-0.4, -0.2) is 49.6 Å². The molecule has 9 nitrogen and oxygen atoms in total. The third-order valence-electron chi connectivity index (χ3n) is 2.74. The van der Waals surface area contributed by atoms with E-state index in [0.717, 1.165) is 12.1 Å². The fraction of sp³-hybridized carbons (Fsp3) is 0.0667. The van der Waals surface area contributed by atoms with Gasteiger partial charge >= 0.3 is 94.1 Å². The molecule has 0 aliphatic heterocycles. The van der Waals surface area contributed by atoms with Crippen molar-refractivity contribution in [2.75, 3.05) is 5.32 Å². The molecule has 2 aromatic rings. The van der Waals surface area contributed by atoms with Gasteiger partial charge in [0.25, 0.3) is 0 Å². The molecule has 2 rings (SSSR count). The number of anilines is 1. The van der Waals surface area contributed by atoms with E-state index in [1.807, 2.05) is 0 Å². The number of carbonyl (C=O) groups is 2. The van der Waals surface area contributed by atoms with E-state index in [9.17, 15) is 18.4 Å². The van der Waals surface area contributed by atoms with Crippen molar-refractivity contribution in [3.8, 4) is 11.5 Å². The maximum atomic E-state index is 11.0. The maximum Gasteiger partial charge on any atom is 0.339 e. The fourth-order valence-electron chi connectivity index (χ4n) is 1.69. The van der Waals surface area contributed by atoms with Crippen LogP contribution in [0.4, 0.5) is 5.69 Å². The molecule has 0 atom stereocenters. The summed E-state index contributed by atoms with van der Waals surface area (Å²) < 4.78 is 28.4. The van der Waals surface area contributed by atoms with E-state index >= 15 is 0 Å². The number of phenols is 2. The summed E-state index contributed by atoms with van der Waals surface area (Å²) in [5, 5.41) is 28.9. The van der Waals surface area contributed by atoms with Crippen LogP contribution in [0.2, 0.25) is 0 Å². The third kappa shape index (κ3) is 6.34. The van der Waals surface area contributed by atoms with Crippen LogP contribution >= 0.6 is 0 Å². The van der Waals surface area contributed by atoms with Crippen molar-refractivity contribution in [2.24, 2.45) is 0 Å². The number of hydrogen-bond acceptors (Lipinski definition) is 5. The van der Waals surface area contributed by atoms with E-state index in [1.165, 1.54) is 25.1 Å². The molecular weight excluding hydrogens is 397 g/mol. The second-order valence-corrected chi connectivity index (χ2v) is 8.04. The van der Waals surface area contributed by atoms with Crippen LogP contribution in [0.5, 0.6) is 11.5 Å². The van der Waals surface area contributed by atoms with Crippen LogP contribution in [0, 0.1) is 0 Å². The Morgan fingerprint density at radius 3 is 2.04 bits per heavy atom. The van der Waals surface area contributed by atoms with E-state index < -0.39 is 30.2 Å². The zero-order valence-electron chi connectivity index (χ0n) is 12.9. The van der Waals surface area contributed by atoms with Crippen LogP contribution in [0.15, 0.2) is 42.5 Å². The van der Waals surface area contributed by atoms with Crippen LogP contribution in [-0.2, 0) is 8.53 Å². The van der Waals surface area contributed by atoms with Crippen LogP contribution in [0.3, 0.4) is 0 Å². The molecule has 0 spiro atoms. The number of carbonyl (C=O) groups excluding carboxylic acids is 1. The minimum absolute atomic E-state index is 0.0671. The number of phenolic OH excluding ortho intramolecular Hbond substituents is 1. The molecule has 25 heavy (non-hydrogen) atoms. The van der Waals surface area contributed by atoms with Gasteiger partial charge in [0.2, 0.25) is 0 Å². The maximum absolute atomic E-state index is 11.0. The van der Waals surface area contributed by atoms with Gasteiger partial charge in [-0.25, -0.2) is 4.79 Å². The Labute approximate surface area is 145 Å². The normalized spacial score (nSPS) is 10.4. The van der Waals surface area contributed by atoms with Gasteiger partial charge in [-0.15, -0.1) is 0 Å². The number of hydrogen-bond donors (Lipinski definition) is 6. The predicted octanol–water partition coefficient (Wildman–Crippen LogP) is 0.00200. The first-order valence-corrected chi connectivity index (χ1v) is 10.1. The summed E-state index contributed by atoms with van der Waals surface area (Å²) in [6.45, 7) is 1.27. The first kappa shape index (κ1) is 20.3. The Hall–Kier alpha value is -2.74. The molecule has 0 heterocycles. The summed E-state index contributed by atoms with van der Waals surface area (Å²) in [4.78, 5) is 21.0. The van der Waals surface area contributed by atoms with Gasteiger partial charge < -0.3 is 10.2 Å². The van der Waals surface area contributed by atoms with Gasteiger partial charge in [0.1, 0.15) is 11.3 Å². The van der Waals surface area contributed by atoms with Gasteiger partial charge in [-0.3, -0.25) is 0 Å². The zero-order valence-corrected chi connectivity index (χ0v) is 14.8. The first-order chi connectivity index (χ1) is 11.5. The van der Waals surface area contributed by atoms with Gasteiger partial charge in [-0.05, 0) is 12.1 Å². The molecule has 0 saturated heterocycles. The zero-order chi connectivity index (χ0) is 19.2. The molecule has 2 aromatic carbocycles. The monoisotopic (exact) mass is 413 g/mol. The average molecular weight is 413 g/mol. The van der Waals surface area contributed by atoms with Crippen molar-refractivity contribution in [3.05, 3.63) is 48.0 Å². The molecule has 0 saturated carbocycles. The van der Waals surface area contributed by atoms with Gasteiger partial charge in [0.05, 0.1) is 0 Å². The number of para-hydroxylation sites is 1. The number of carboxylic acid groups (broad SMARTS) is 1. The van der Waals surface area contributed by atoms with Crippen molar-refractivity contribution < 1.29 is 36.8 Å². The van der Waals surface area contributed by atoms with Crippen LogP contribution in [0.25, 0.3) is 0 Å². The largest absolute Gasteiger partial charge is 0.507 e. The van der Waals surface area contributed by atoms with Gasteiger partial charge in [-0.2, -0.15) is 0 Å². The minimum atomic E-state index is -5.15. The third-order valence-corrected chi connectivity index (χ3v) is 4.81. The van der Waals surface area contributed by atoms with Crippen molar-refractivity contribution >= 4 is 36.1 Å². The van der Waals surface area contributed by atoms with Crippen LogP contribution < -0.4 is 9.67 Å². The molecule has 0 aliphatic rings. The molecule has 0 radical (unpaired) electrons. The van der Waals surface area contributed by atoms with Crippen molar-refractivity contribution in [2.45, 2.75) is 6.92 Å². The Bertz CT molecular complexity index is 830. The summed E-state index contributed by atoms with van der Waals surface area (Å²) in [6, 6.07) is 9.36. The number of nitrogens with one attached hydrogen (secondary N) is 1. The second-order valence-electron chi connectivity index (χ2n) is 4.75. The summed E-state index contributed by atoms with van der Waals surface area (Å²) in [5.74, 6) is -2.14. The Morgan fingerprint density at radius 1 is 1.00 bits per heavy atom. The van der Waals surface area contributed by atoms with Gasteiger partial charge in [0, 0.05) is 0 Å². The molecule has 0 bridgehead atoms. The SMILES string of the molecule is CC(=O)Nc1ccc(O)c([As](=O)(O)O)c1.O=C(O)c1ccccc1O. The smallest absolute Gasteiger partial charge is 0.339 e. The molecule has 0 fully saturated rings. The number of carboxylic acids is 1. The molecule has 0 aromatic heterocycles. The summed E-state index contributed by atoms with van der Waals surface area (Å²) in [6.07, 6.45) is 0. The van der Waals surface area contributed by atoms with Crippen molar-refractivity contribution in [1.29, 1.82) is 0 Å². The van der Waals surface area contributed by atoms with E-state index in [-0.39, 0.29) is 22.9 Å². The number of aromatic hydroxyl groups is 2. The number of benzene rings is 2. The Morgan fingerprint density at radius 2 is 1.60 bits per heavy atom. The van der Waals surface area contributed by atoms with Crippen molar-refractivity contribution in [3.63, 3.8) is 0 Å². The molecule has 134 valence electrons. The van der Waals surface area contributed by atoms with Crippen molar-refractivity contribution in [1.82, 2.24) is 0 Å². The summed E-state index contributed by atoms with van der Waals surface area (Å²) in [5.41, 5.74) is 0.169. The minimum Gasteiger partial charge on any atom is -0.507 e. The average Bonchev–Trinajstić information content (AvgIpc) is 2.48. The molecular formula is C15H16AsNO8. The first-order valence-electron chi connectivity index (χ1n) is 6.70. The Balaban J connectivity index is 0.000000271. The number of rotatable bonds is 3. The van der Waals surface area contributed by atoms with E-state index in [2.05, 4.69) is 5.32 Å². The van der Waals surface area contributed by atoms with Crippen LogP contribution in [0.1, 0.15) is 17.3 Å². The van der Waals surface area contributed by atoms with Gasteiger partial charge in [-0.1, -0.05) is 12.1 Å².